The van der Waals surface area contributed by atoms with Gasteiger partial charge in [0.15, 0.2) is 0 Å². The Balaban J connectivity index is 1.59. The van der Waals surface area contributed by atoms with Crippen LogP contribution in [-0.4, -0.2) is 43.5 Å². The molecule has 0 bridgehead atoms. The molecule has 0 radical (unpaired) electrons. The van der Waals surface area contributed by atoms with Crippen molar-refractivity contribution in [2.75, 3.05) is 42.9 Å². The SMILES string of the molecule is CCN1CCN(c2c(Cl)cccc2NC(=O)c2ccc3ccccc3c2)CC1. The van der Waals surface area contributed by atoms with Crippen LogP contribution in [-0.2, 0) is 0 Å². The zero-order valence-electron chi connectivity index (χ0n) is 16.0. The van der Waals surface area contributed by atoms with E-state index in [1.54, 1.807) is 0 Å². The maximum absolute atomic E-state index is 12.9. The molecule has 4 rings (SSSR count). The van der Waals surface area contributed by atoms with E-state index in [2.05, 4.69) is 22.0 Å². The lowest BCUT2D eigenvalue weighted by molar-refractivity contribution is 0.102. The van der Waals surface area contributed by atoms with Crippen molar-refractivity contribution in [2.24, 2.45) is 0 Å². The Labute approximate surface area is 170 Å². The fourth-order valence-corrected chi connectivity index (χ4v) is 4.04. The van der Waals surface area contributed by atoms with Gasteiger partial charge in [-0.25, -0.2) is 0 Å². The van der Waals surface area contributed by atoms with Crippen LogP contribution < -0.4 is 10.2 Å². The number of amides is 1. The van der Waals surface area contributed by atoms with Crippen molar-refractivity contribution in [1.29, 1.82) is 0 Å². The smallest absolute Gasteiger partial charge is 0.255 e. The number of hydrogen-bond acceptors (Lipinski definition) is 3. The Morgan fingerprint density at radius 1 is 0.964 bits per heavy atom. The Kier molecular flexibility index (Phi) is 5.51. The van der Waals surface area contributed by atoms with Crippen molar-refractivity contribution < 1.29 is 4.79 Å². The zero-order valence-corrected chi connectivity index (χ0v) is 16.7. The highest BCUT2D eigenvalue weighted by Gasteiger charge is 2.21. The molecular weight excluding hydrogens is 370 g/mol. The first-order valence-electron chi connectivity index (χ1n) is 9.71. The predicted octanol–water partition coefficient (Wildman–Crippen LogP) is 4.89. The van der Waals surface area contributed by atoms with E-state index in [1.807, 2.05) is 60.7 Å². The van der Waals surface area contributed by atoms with Gasteiger partial charge in [-0.3, -0.25) is 4.79 Å². The van der Waals surface area contributed by atoms with E-state index in [0.29, 0.717) is 10.6 Å². The second-order valence-electron chi connectivity index (χ2n) is 7.07. The number of rotatable bonds is 4. The molecule has 0 saturated carbocycles. The lowest BCUT2D eigenvalue weighted by atomic mass is 10.1. The summed E-state index contributed by atoms with van der Waals surface area (Å²) in [4.78, 5) is 17.6. The van der Waals surface area contributed by atoms with E-state index >= 15 is 0 Å². The van der Waals surface area contributed by atoms with E-state index in [4.69, 9.17) is 11.6 Å². The molecular formula is C23H24ClN3O. The highest BCUT2D eigenvalue weighted by Crippen LogP contribution is 2.35. The van der Waals surface area contributed by atoms with Gasteiger partial charge in [-0.05, 0) is 41.6 Å². The van der Waals surface area contributed by atoms with Crippen LogP contribution in [0.2, 0.25) is 5.02 Å². The molecule has 144 valence electrons. The summed E-state index contributed by atoms with van der Waals surface area (Å²) < 4.78 is 0. The van der Waals surface area contributed by atoms with Crippen LogP contribution in [0, 0.1) is 0 Å². The summed E-state index contributed by atoms with van der Waals surface area (Å²) in [5.41, 5.74) is 2.31. The van der Waals surface area contributed by atoms with Gasteiger partial charge in [-0.1, -0.05) is 54.9 Å². The third-order valence-electron chi connectivity index (χ3n) is 5.38. The molecule has 0 aliphatic carbocycles. The number of likely N-dealkylation sites (N-methyl/N-ethyl adjacent to an activating group) is 1. The Bertz CT molecular complexity index is 996. The number of nitrogens with one attached hydrogen (secondary N) is 1. The number of carbonyl (C=O) groups is 1. The van der Waals surface area contributed by atoms with Gasteiger partial charge in [0.1, 0.15) is 0 Å². The minimum absolute atomic E-state index is 0.124. The summed E-state index contributed by atoms with van der Waals surface area (Å²) >= 11 is 6.53. The van der Waals surface area contributed by atoms with Gasteiger partial charge in [0.2, 0.25) is 0 Å². The first kappa shape index (κ1) is 18.8. The number of hydrogen-bond donors (Lipinski definition) is 1. The van der Waals surface area contributed by atoms with E-state index in [0.717, 1.165) is 54.9 Å². The molecule has 1 N–H and O–H groups in total. The maximum Gasteiger partial charge on any atom is 0.255 e. The first-order chi connectivity index (χ1) is 13.7. The third-order valence-corrected chi connectivity index (χ3v) is 5.69. The number of fused-ring (bicyclic) bond motifs is 1. The van der Waals surface area contributed by atoms with Gasteiger partial charge >= 0.3 is 0 Å². The molecule has 0 spiro atoms. The number of benzene rings is 3. The normalized spacial score (nSPS) is 15.0. The predicted molar refractivity (Wildman–Crippen MR) is 118 cm³/mol. The summed E-state index contributed by atoms with van der Waals surface area (Å²) in [6.45, 7) is 7.04. The largest absolute Gasteiger partial charge is 0.366 e. The van der Waals surface area contributed by atoms with Crippen LogP contribution in [0.3, 0.4) is 0 Å². The molecule has 1 aliphatic heterocycles. The molecule has 1 amide bonds. The summed E-state index contributed by atoms with van der Waals surface area (Å²) in [6.07, 6.45) is 0. The van der Waals surface area contributed by atoms with Crippen molar-refractivity contribution in [3.8, 4) is 0 Å². The van der Waals surface area contributed by atoms with E-state index in [-0.39, 0.29) is 5.91 Å². The summed E-state index contributed by atoms with van der Waals surface area (Å²) in [6, 6.07) is 19.5. The second-order valence-corrected chi connectivity index (χ2v) is 7.48. The van der Waals surface area contributed by atoms with Gasteiger partial charge in [-0.15, -0.1) is 0 Å². The molecule has 5 heteroatoms. The average molecular weight is 394 g/mol. The van der Waals surface area contributed by atoms with E-state index in [1.165, 1.54) is 0 Å². The number of piperazine rings is 1. The van der Waals surface area contributed by atoms with Crippen molar-refractivity contribution in [2.45, 2.75) is 6.92 Å². The standard InChI is InChI=1S/C23H24ClN3O/c1-2-26-12-14-27(15-13-26)22-20(24)8-5-9-21(22)25-23(28)19-11-10-17-6-3-4-7-18(17)16-19/h3-11,16H,2,12-15H2,1H3,(H,25,28). The zero-order chi connectivity index (χ0) is 19.5. The lowest BCUT2D eigenvalue weighted by Crippen LogP contribution is -2.46. The summed E-state index contributed by atoms with van der Waals surface area (Å²) in [7, 11) is 0. The van der Waals surface area contributed by atoms with E-state index in [9.17, 15) is 4.79 Å². The lowest BCUT2D eigenvalue weighted by Gasteiger charge is -2.36. The first-order valence-corrected chi connectivity index (χ1v) is 10.1. The maximum atomic E-state index is 12.9. The van der Waals surface area contributed by atoms with Gasteiger partial charge in [0.25, 0.3) is 5.91 Å². The highest BCUT2D eigenvalue weighted by atomic mass is 35.5. The molecule has 0 aromatic heterocycles. The fourth-order valence-electron chi connectivity index (χ4n) is 3.75. The summed E-state index contributed by atoms with van der Waals surface area (Å²) in [5.74, 6) is -0.124. The van der Waals surface area contributed by atoms with Crippen molar-refractivity contribution in [3.05, 3.63) is 71.2 Å². The number of para-hydroxylation sites is 1. The minimum Gasteiger partial charge on any atom is -0.366 e. The van der Waals surface area contributed by atoms with Crippen molar-refractivity contribution >= 4 is 39.7 Å². The Hall–Kier alpha value is -2.56. The van der Waals surface area contributed by atoms with Gasteiger partial charge in [0.05, 0.1) is 16.4 Å². The third kappa shape index (κ3) is 3.84. The minimum atomic E-state index is -0.124. The number of nitrogens with zero attached hydrogens (tertiary/aromatic N) is 2. The molecule has 0 atom stereocenters. The monoisotopic (exact) mass is 393 g/mol. The highest BCUT2D eigenvalue weighted by molar-refractivity contribution is 6.34. The van der Waals surface area contributed by atoms with Gasteiger partial charge < -0.3 is 15.1 Å². The Morgan fingerprint density at radius 3 is 2.46 bits per heavy atom. The fraction of sp³-hybridized carbons (Fsp3) is 0.261. The Morgan fingerprint density at radius 2 is 1.71 bits per heavy atom. The molecule has 3 aromatic rings. The van der Waals surface area contributed by atoms with Gasteiger partial charge in [0, 0.05) is 31.7 Å². The number of halogens is 1. The summed E-state index contributed by atoms with van der Waals surface area (Å²) in [5, 5.41) is 5.92. The molecule has 1 heterocycles. The van der Waals surface area contributed by atoms with Crippen LogP contribution >= 0.6 is 11.6 Å². The quantitative estimate of drug-likeness (QED) is 0.685. The molecule has 0 unspecified atom stereocenters. The number of carbonyl (C=O) groups excluding carboxylic acids is 1. The van der Waals surface area contributed by atoms with Crippen LogP contribution in [0.5, 0.6) is 0 Å². The topological polar surface area (TPSA) is 35.6 Å². The van der Waals surface area contributed by atoms with Crippen LogP contribution in [0.15, 0.2) is 60.7 Å². The van der Waals surface area contributed by atoms with Crippen LogP contribution in [0.25, 0.3) is 10.8 Å². The second kappa shape index (κ2) is 8.21. The molecule has 28 heavy (non-hydrogen) atoms. The van der Waals surface area contributed by atoms with Crippen molar-refractivity contribution in [3.63, 3.8) is 0 Å². The van der Waals surface area contributed by atoms with E-state index < -0.39 is 0 Å². The average Bonchev–Trinajstić information content (AvgIpc) is 2.73. The molecule has 1 saturated heterocycles. The molecule has 1 fully saturated rings. The molecule has 3 aromatic carbocycles. The number of anilines is 2. The van der Waals surface area contributed by atoms with Crippen LogP contribution in [0.1, 0.15) is 17.3 Å². The van der Waals surface area contributed by atoms with Crippen LogP contribution in [0.4, 0.5) is 11.4 Å². The molecule has 1 aliphatic rings. The molecule has 4 nitrogen and oxygen atoms in total. The van der Waals surface area contributed by atoms with Crippen molar-refractivity contribution in [1.82, 2.24) is 4.90 Å². The van der Waals surface area contributed by atoms with Gasteiger partial charge in [-0.2, -0.15) is 0 Å².